The van der Waals surface area contributed by atoms with Gasteiger partial charge in [0.25, 0.3) is 0 Å². The highest BCUT2D eigenvalue weighted by Crippen LogP contribution is 2.45. The zero-order chi connectivity index (χ0) is 35.2. The number of aryl methyl sites for hydroxylation is 1. The van der Waals surface area contributed by atoms with Crippen LogP contribution in [0.15, 0.2) is 35.5 Å². The van der Waals surface area contributed by atoms with E-state index in [1.54, 1.807) is 6.07 Å². The maximum absolute atomic E-state index is 15.2. The Hall–Kier alpha value is -3.37. The van der Waals surface area contributed by atoms with Gasteiger partial charge in [0, 0.05) is 43.0 Å². The summed E-state index contributed by atoms with van der Waals surface area (Å²) < 4.78 is 27.1. The van der Waals surface area contributed by atoms with Gasteiger partial charge < -0.3 is 24.6 Å². The van der Waals surface area contributed by atoms with Crippen molar-refractivity contribution in [3.05, 3.63) is 63.4 Å². The van der Waals surface area contributed by atoms with Crippen molar-refractivity contribution >= 4 is 29.1 Å². The fourth-order valence-corrected chi connectivity index (χ4v) is 8.94. The number of aliphatic hydroxyl groups excluding tert-OH is 1. The Morgan fingerprint density at radius 3 is 2.68 bits per heavy atom. The summed E-state index contributed by atoms with van der Waals surface area (Å²) in [5.74, 6) is 1.62. The number of fused-ring (bicyclic) bond motifs is 2. The molecule has 1 saturated carbocycles. The highest BCUT2D eigenvalue weighted by atomic mass is 19.1. The molecular formula is C41H53FN4O4. The SMILES string of the molecule is C=c1c(C)c(-c2cc(C3CC3)cc3ccc(F)c(CC)c23)nc/c1=C(/N=C(\C)OC[C@@]12CCCN1C(COCO)CC2)N1CCC[C@@](C)(O)C1. The number of rotatable bonds is 10. The number of piperidine rings is 1. The first-order chi connectivity index (χ1) is 24.0. The summed E-state index contributed by atoms with van der Waals surface area (Å²) in [6, 6.07) is 8.24. The van der Waals surface area contributed by atoms with E-state index >= 15 is 4.39 Å². The average molecular weight is 685 g/mol. The molecule has 1 unspecified atom stereocenters. The second kappa shape index (κ2) is 14.0. The molecule has 3 atom stereocenters. The Labute approximate surface area is 295 Å². The summed E-state index contributed by atoms with van der Waals surface area (Å²) in [6.07, 6.45) is 10.6. The molecule has 7 rings (SSSR count). The number of likely N-dealkylation sites (tertiary alicyclic amines) is 1. The fourth-order valence-electron chi connectivity index (χ4n) is 8.94. The van der Waals surface area contributed by atoms with Crippen LogP contribution in [0.3, 0.4) is 0 Å². The van der Waals surface area contributed by atoms with E-state index in [0.717, 1.165) is 89.6 Å². The van der Waals surface area contributed by atoms with Gasteiger partial charge in [-0.1, -0.05) is 25.6 Å². The van der Waals surface area contributed by atoms with Crippen molar-refractivity contribution in [3.63, 3.8) is 0 Å². The summed E-state index contributed by atoms with van der Waals surface area (Å²) in [5.41, 5.74) is 3.80. The molecule has 0 amide bonds. The molecule has 0 spiro atoms. The largest absolute Gasteiger partial charge is 0.479 e. The number of hydrogen-bond acceptors (Lipinski definition) is 8. The fraction of sp³-hybridized carbons (Fsp3) is 0.561. The zero-order valence-electron chi connectivity index (χ0n) is 30.2. The van der Waals surface area contributed by atoms with Crippen LogP contribution in [-0.2, 0) is 15.9 Å². The van der Waals surface area contributed by atoms with E-state index in [1.807, 2.05) is 33.0 Å². The van der Waals surface area contributed by atoms with E-state index in [9.17, 15) is 10.2 Å². The van der Waals surface area contributed by atoms with Gasteiger partial charge in [0.15, 0.2) is 5.90 Å². The van der Waals surface area contributed by atoms with Crippen LogP contribution >= 0.6 is 0 Å². The number of halogens is 1. The molecule has 0 radical (unpaired) electrons. The van der Waals surface area contributed by atoms with Crippen molar-refractivity contribution < 1.29 is 24.1 Å². The van der Waals surface area contributed by atoms with E-state index in [2.05, 4.69) is 35.4 Å². The summed E-state index contributed by atoms with van der Waals surface area (Å²) in [4.78, 5) is 14.9. The highest BCUT2D eigenvalue weighted by molar-refractivity contribution is 5.99. The quantitative estimate of drug-likeness (QED) is 0.165. The van der Waals surface area contributed by atoms with Crippen molar-refractivity contribution in [3.8, 4) is 11.3 Å². The minimum atomic E-state index is -0.848. The van der Waals surface area contributed by atoms with Crippen LogP contribution in [0.1, 0.15) is 94.7 Å². The summed E-state index contributed by atoms with van der Waals surface area (Å²) in [5, 5.41) is 24.0. The second-order valence-electron chi connectivity index (χ2n) is 15.4. The standard InChI is InChI=1S/C41H53FN4O4/c1-6-33-36(42)12-11-30-19-31(29-9-10-29)20-34(37(30)33)38-27(3)26(2)35(21-43-38)39(45-17-7-14-40(5,48)23-45)44-28(4)50-24-41-15-8-18-46(41)32(13-16-41)22-49-25-47/h11-12,19-21,29,32,47-48H,2,6-10,13-18,22-25H2,1,3-5H3/b39-35+,44-28+/t32?,40-,41+/m1/s1. The minimum Gasteiger partial charge on any atom is -0.479 e. The number of aliphatic imine (C=N–C) groups is 1. The summed E-state index contributed by atoms with van der Waals surface area (Å²) >= 11 is 0. The Balaban J connectivity index is 1.29. The Morgan fingerprint density at radius 2 is 1.94 bits per heavy atom. The van der Waals surface area contributed by atoms with Gasteiger partial charge in [0.05, 0.1) is 23.4 Å². The number of aromatic nitrogens is 1. The maximum Gasteiger partial charge on any atom is 0.186 e. The van der Waals surface area contributed by atoms with E-state index in [0.29, 0.717) is 49.4 Å². The number of benzene rings is 2. The first-order valence-electron chi connectivity index (χ1n) is 18.6. The number of nitrogens with zero attached hydrogens (tertiary/aromatic N) is 4. The van der Waals surface area contributed by atoms with E-state index < -0.39 is 5.60 Å². The third-order valence-electron chi connectivity index (χ3n) is 11.8. The smallest absolute Gasteiger partial charge is 0.186 e. The van der Waals surface area contributed by atoms with Gasteiger partial charge in [-0.3, -0.25) is 9.88 Å². The highest BCUT2D eigenvalue weighted by Gasteiger charge is 2.49. The molecule has 8 nitrogen and oxygen atoms in total. The molecular weight excluding hydrogens is 631 g/mol. The van der Waals surface area contributed by atoms with Crippen LogP contribution in [0.25, 0.3) is 34.4 Å². The predicted molar refractivity (Wildman–Crippen MR) is 197 cm³/mol. The van der Waals surface area contributed by atoms with Gasteiger partial charge in [0.1, 0.15) is 25.0 Å². The minimum absolute atomic E-state index is 0.0545. The number of aliphatic hydroxyl groups is 2. The molecule has 3 saturated heterocycles. The van der Waals surface area contributed by atoms with E-state index in [-0.39, 0.29) is 24.2 Å². The number of ether oxygens (including phenoxy) is 2. The molecule has 3 aliphatic heterocycles. The van der Waals surface area contributed by atoms with Gasteiger partial charge in [-0.2, -0.15) is 4.99 Å². The molecule has 4 heterocycles. The summed E-state index contributed by atoms with van der Waals surface area (Å²) in [7, 11) is 0. The number of pyridine rings is 1. The molecule has 4 aliphatic rings. The first kappa shape index (κ1) is 35.1. The lowest BCUT2D eigenvalue weighted by atomic mass is 9.90. The Kier molecular flexibility index (Phi) is 9.80. The molecule has 50 heavy (non-hydrogen) atoms. The number of hydrogen-bond donors (Lipinski definition) is 2. The van der Waals surface area contributed by atoms with Crippen molar-refractivity contribution in [1.82, 2.24) is 14.8 Å². The molecule has 4 fully saturated rings. The lowest BCUT2D eigenvalue weighted by Gasteiger charge is -2.38. The van der Waals surface area contributed by atoms with E-state index in [4.69, 9.17) is 19.5 Å². The van der Waals surface area contributed by atoms with Crippen LogP contribution in [0.2, 0.25) is 0 Å². The molecule has 3 aromatic rings. The monoisotopic (exact) mass is 684 g/mol. The van der Waals surface area contributed by atoms with Crippen molar-refractivity contribution in [2.75, 3.05) is 39.6 Å². The molecule has 2 N–H and O–H groups in total. The predicted octanol–water partition coefficient (Wildman–Crippen LogP) is 5.51. The zero-order valence-corrected chi connectivity index (χ0v) is 30.2. The van der Waals surface area contributed by atoms with Crippen molar-refractivity contribution in [1.29, 1.82) is 0 Å². The molecule has 2 aromatic carbocycles. The number of β-amino-alcohol motifs (C(OH)–C–C–N with tert-alkyl or cyclic N) is 1. The Morgan fingerprint density at radius 1 is 1.14 bits per heavy atom. The third-order valence-corrected chi connectivity index (χ3v) is 11.8. The average Bonchev–Trinajstić information content (AvgIpc) is 3.78. The molecule has 1 aliphatic carbocycles. The van der Waals surface area contributed by atoms with Crippen LogP contribution in [0.4, 0.5) is 4.39 Å². The Bertz CT molecular complexity index is 1910. The van der Waals surface area contributed by atoms with Crippen molar-refractivity contribution in [2.24, 2.45) is 4.99 Å². The van der Waals surface area contributed by atoms with Gasteiger partial charge in [-0.25, -0.2) is 4.39 Å². The van der Waals surface area contributed by atoms with Gasteiger partial charge in [0.2, 0.25) is 0 Å². The normalized spacial score (nSPS) is 26.5. The van der Waals surface area contributed by atoms with Gasteiger partial charge >= 0.3 is 0 Å². The van der Waals surface area contributed by atoms with Crippen LogP contribution < -0.4 is 10.4 Å². The van der Waals surface area contributed by atoms with Crippen LogP contribution in [0, 0.1) is 12.7 Å². The lowest BCUT2D eigenvalue weighted by molar-refractivity contribution is -0.0320. The molecule has 9 heteroatoms. The summed E-state index contributed by atoms with van der Waals surface area (Å²) in [6.45, 7) is 15.4. The topological polar surface area (TPSA) is 90.7 Å². The van der Waals surface area contributed by atoms with E-state index in [1.165, 1.54) is 18.4 Å². The molecule has 1 aromatic heterocycles. The molecule has 0 bridgehead atoms. The molecule has 268 valence electrons. The van der Waals surface area contributed by atoms with Crippen LogP contribution in [-0.4, -0.2) is 87.7 Å². The van der Waals surface area contributed by atoms with Gasteiger partial charge in [-0.15, -0.1) is 0 Å². The third kappa shape index (κ3) is 6.70. The first-order valence-corrected chi connectivity index (χ1v) is 18.6. The maximum atomic E-state index is 15.2. The van der Waals surface area contributed by atoms with Crippen LogP contribution in [0.5, 0.6) is 0 Å². The van der Waals surface area contributed by atoms with Gasteiger partial charge in [-0.05, 0) is 129 Å². The second-order valence-corrected chi connectivity index (χ2v) is 15.4. The lowest BCUT2D eigenvalue weighted by Crippen LogP contribution is -2.48. The van der Waals surface area contributed by atoms with Crippen molar-refractivity contribution in [2.45, 2.75) is 109 Å².